The maximum absolute atomic E-state index is 4.50. The highest BCUT2D eigenvalue weighted by atomic mass is 32.1. The fraction of sp³-hybridized carbons (Fsp3) is 0.182. The second kappa shape index (κ2) is 3.79. The van der Waals surface area contributed by atoms with Gasteiger partial charge in [-0.25, -0.2) is 0 Å². The van der Waals surface area contributed by atoms with Gasteiger partial charge in [-0.3, -0.25) is 4.99 Å². The van der Waals surface area contributed by atoms with E-state index < -0.39 is 0 Å². The van der Waals surface area contributed by atoms with Crippen LogP contribution >= 0.6 is 22.7 Å². The van der Waals surface area contributed by atoms with Crippen molar-refractivity contribution in [2.24, 2.45) is 4.99 Å². The van der Waals surface area contributed by atoms with E-state index in [2.05, 4.69) is 45.3 Å². The van der Waals surface area contributed by atoms with E-state index in [0.717, 1.165) is 0 Å². The maximum atomic E-state index is 4.50. The van der Waals surface area contributed by atoms with Gasteiger partial charge in [-0.2, -0.15) is 0 Å². The molecule has 2 aromatic rings. The van der Waals surface area contributed by atoms with E-state index in [1.54, 1.807) is 22.7 Å². The van der Waals surface area contributed by atoms with Crippen LogP contribution in [0.2, 0.25) is 0 Å². The van der Waals surface area contributed by atoms with E-state index in [4.69, 9.17) is 0 Å². The summed E-state index contributed by atoms with van der Waals surface area (Å²) in [6.45, 7) is 0. The summed E-state index contributed by atoms with van der Waals surface area (Å²) >= 11 is 3.56. The lowest BCUT2D eigenvalue weighted by atomic mass is 10.1. The lowest BCUT2D eigenvalue weighted by Crippen LogP contribution is -2.16. The molecule has 15 heavy (non-hydrogen) atoms. The number of nitrogens with one attached hydrogen (secondary N) is 1. The molecule has 76 valence electrons. The Labute approximate surface area is 96.3 Å². The van der Waals surface area contributed by atoms with Crippen molar-refractivity contribution in [3.63, 3.8) is 0 Å². The van der Waals surface area contributed by atoms with Crippen LogP contribution < -0.4 is 5.32 Å². The Morgan fingerprint density at radius 1 is 1.07 bits per heavy atom. The van der Waals surface area contributed by atoms with Gasteiger partial charge in [-0.1, -0.05) is 12.1 Å². The average Bonchev–Trinajstić information content (AvgIpc) is 3.01. The van der Waals surface area contributed by atoms with Crippen molar-refractivity contribution in [3.05, 3.63) is 44.8 Å². The summed E-state index contributed by atoms with van der Waals surface area (Å²) in [6, 6.07) is 9.06. The van der Waals surface area contributed by atoms with Crippen molar-refractivity contribution < 1.29 is 0 Å². The normalized spacial score (nSPS) is 24.3. The monoisotopic (exact) mass is 234 g/mol. The van der Waals surface area contributed by atoms with Crippen LogP contribution in [0.5, 0.6) is 0 Å². The molecule has 4 heteroatoms. The summed E-state index contributed by atoms with van der Waals surface area (Å²) in [6.07, 6.45) is 1.83. The maximum Gasteiger partial charge on any atom is 0.111 e. The van der Waals surface area contributed by atoms with E-state index in [-0.39, 0.29) is 6.04 Å². The van der Waals surface area contributed by atoms with Gasteiger partial charge in [0, 0.05) is 9.75 Å². The summed E-state index contributed by atoms with van der Waals surface area (Å²) in [5.74, 6) is 0. The molecular weight excluding hydrogens is 224 g/mol. The van der Waals surface area contributed by atoms with Crippen molar-refractivity contribution in [2.75, 3.05) is 0 Å². The number of aliphatic imine (C=N–C) groups is 1. The summed E-state index contributed by atoms with van der Waals surface area (Å²) in [4.78, 5) is 7.18. The molecule has 0 aliphatic carbocycles. The Balaban J connectivity index is 1.92. The standard InChI is InChI=1S/C11H10N2S2/c1-3-8(14-5-1)10-11(13-7-12-10)9-4-2-6-15-9/h1-7,10-11H,(H,12,13). The van der Waals surface area contributed by atoms with Gasteiger partial charge in [0.1, 0.15) is 6.04 Å². The lowest BCUT2D eigenvalue weighted by Gasteiger charge is -2.15. The molecule has 2 nitrogen and oxygen atoms in total. The predicted molar refractivity (Wildman–Crippen MR) is 65.7 cm³/mol. The third-order valence-electron chi connectivity index (χ3n) is 2.49. The van der Waals surface area contributed by atoms with Crippen LogP contribution in [-0.4, -0.2) is 6.34 Å². The molecular formula is C11H10N2S2. The molecule has 3 rings (SSSR count). The van der Waals surface area contributed by atoms with Crippen LogP contribution in [0.25, 0.3) is 0 Å². The summed E-state index contributed by atoms with van der Waals surface area (Å²) in [5, 5.41) is 7.54. The topological polar surface area (TPSA) is 24.4 Å². The molecule has 2 aromatic heterocycles. The number of nitrogens with zero attached hydrogens (tertiary/aromatic N) is 1. The first-order valence-electron chi connectivity index (χ1n) is 4.79. The predicted octanol–water partition coefficient (Wildman–Crippen LogP) is 3.22. The van der Waals surface area contributed by atoms with Gasteiger partial charge in [-0.05, 0) is 22.9 Å². The number of rotatable bonds is 2. The minimum atomic E-state index is 0.253. The molecule has 0 radical (unpaired) electrons. The van der Waals surface area contributed by atoms with Crippen LogP contribution in [0.1, 0.15) is 21.8 Å². The first-order valence-corrected chi connectivity index (χ1v) is 6.55. The van der Waals surface area contributed by atoms with Crippen molar-refractivity contribution >= 4 is 29.0 Å². The number of thiophene rings is 2. The van der Waals surface area contributed by atoms with E-state index in [1.807, 2.05) is 6.34 Å². The van der Waals surface area contributed by atoms with Gasteiger partial charge < -0.3 is 5.32 Å². The Hall–Kier alpha value is -1.13. The highest BCUT2D eigenvalue weighted by Gasteiger charge is 2.28. The van der Waals surface area contributed by atoms with Gasteiger partial charge in [0.25, 0.3) is 0 Å². The van der Waals surface area contributed by atoms with Crippen LogP contribution in [0.15, 0.2) is 40.0 Å². The first kappa shape index (κ1) is 9.12. The molecule has 3 heterocycles. The van der Waals surface area contributed by atoms with Crippen LogP contribution in [0.4, 0.5) is 0 Å². The van der Waals surface area contributed by atoms with E-state index in [1.165, 1.54) is 9.75 Å². The largest absolute Gasteiger partial charge is 0.366 e. The molecule has 1 N–H and O–H groups in total. The number of hydrogen-bond acceptors (Lipinski definition) is 4. The van der Waals surface area contributed by atoms with Crippen molar-refractivity contribution in [1.82, 2.24) is 5.32 Å². The van der Waals surface area contributed by atoms with Gasteiger partial charge in [0.15, 0.2) is 0 Å². The minimum Gasteiger partial charge on any atom is -0.366 e. The molecule has 0 aromatic carbocycles. The van der Waals surface area contributed by atoms with Gasteiger partial charge in [0.2, 0.25) is 0 Å². The third-order valence-corrected chi connectivity index (χ3v) is 4.39. The van der Waals surface area contributed by atoms with Crippen molar-refractivity contribution in [1.29, 1.82) is 0 Å². The van der Waals surface area contributed by atoms with Crippen molar-refractivity contribution in [2.45, 2.75) is 12.1 Å². The average molecular weight is 234 g/mol. The Kier molecular flexibility index (Phi) is 2.31. The zero-order chi connectivity index (χ0) is 10.1. The lowest BCUT2D eigenvalue weighted by molar-refractivity contribution is 0.590. The number of hydrogen-bond donors (Lipinski definition) is 1. The fourth-order valence-corrected chi connectivity index (χ4v) is 3.41. The van der Waals surface area contributed by atoms with E-state index >= 15 is 0 Å². The van der Waals surface area contributed by atoms with E-state index in [9.17, 15) is 0 Å². The van der Waals surface area contributed by atoms with Gasteiger partial charge >= 0.3 is 0 Å². The van der Waals surface area contributed by atoms with Crippen LogP contribution in [0, 0.1) is 0 Å². The van der Waals surface area contributed by atoms with Crippen LogP contribution in [-0.2, 0) is 0 Å². The summed E-state index contributed by atoms with van der Waals surface area (Å²) < 4.78 is 0. The molecule has 0 amide bonds. The Morgan fingerprint density at radius 2 is 1.80 bits per heavy atom. The first-order chi connectivity index (χ1) is 7.45. The second-order valence-electron chi connectivity index (χ2n) is 3.40. The molecule has 1 aliphatic heterocycles. The molecule has 1 aliphatic rings. The Morgan fingerprint density at radius 3 is 2.47 bits per heavy atom. The molecule has 0 fully saturated rings. The van der Waals surface area contributed by atoms with E-state index in [0.29, 0.717) is 6.04 Å². The molecule has 0 spiro atoms. The summed E-state index contributed by atoms with van der Waals surface area (Å²) in [7, 11) is 0. The highest BCUT2D eigenvalue weighted by molar-refractivity contribution is 7.10. The minimum absolute atomic E-state index is 0.253. The molecule has 0 saturated heterocycles. The van der Waals surface area contributed by atoms with Crippen LogP contribution in [0.3, 0.4) is 0 Å². The highest BCUT2D eigenvalue weighted by Crippen LogP contribution is 2.38. The zero-order valence-corrected chi connectivity index (χ0v) is 9.59. The smallest absolute Gasteiger partial charge is 0.111 e. The molecule has 2 unspecified atom stereocenters. The zero-order valence-electron chi connectivity index (χ0n) is 7.96. The third kappa shape index (κ3) is 1.60. The molecule has 0 saturated carbocycles. The molecule has 2 atom stereocenters. The van der Waals surface area contributed by atoms with Gasteiger partial charge in [-0.15, -0.1) is 22.7 Å². The Bertz CT molecular complexity index is 445. The molecule has 0 bridgehead atoms. The van der Waals surface area contributed by atoms with Gasteiger partial charge in [0.05, 0.1) is 12.4 Å². The van der Waals surface area contributed by atoms with Crippen molar-refractivity contribution in [3.8, 4) is 0 Å². The summed E-state index contributed by atoms with van der Waals surface area (Å²) in [5.41, 5.74) is 0. The quantitative estimate of drug-likeness (QED) is 0.847. The SMILES string of the molecule is C1=NC(c2cccs2)C(c2cccs2)N1. The fourth-order valence-electron chi connectivity index (χ4n) is 1.78. The second-order valence-corrected chi connectivity index (χ2v) is 5.36.